The Morgan fingerprint density at radius 2 is 2.22 bits per heavy atom. The fourth-order valence-electron chi connectivity index (χ4n) is 1.09. The molecule has 0 radical (unpaired) electrons. The molecular formula is C12H10F3NO2. The average molecular weight is 257 g/mol. The fraction of sp³-hybridized carbons (Fsp3) is 0.333. The molecule has 0 atom stereocenters. The van der Waals surface area contributed by atoms with E-state index in [0.29, 0.717) is 0 Å². The number of halogens is 3. The van der Waals surface area contributed by atoms with Crippen LogP contribution in [0.3, 0.4) is 0 Å². The molecule has 3 nitrogen and oxygen atoms in total. The monoisotopic (exact) mass is 257 g/mol. The highest BCUT2D eigenvalue weighted by Gasteiger charge is 2.30. The second kappa shape index (κ2) is 6.05. The SMILES string of the molecule is CCOC(=O)CC#Cc1cc(C(F)(F)F)ccn1. The summed E-state index contributed by atoms with van der Waals surface area (Å²) in [5, 5.41) is 0. The van der Waals surface area contributed by atoms with Crippen molar-refractivity contribution in [3.05, 3.63) is 29.6 Å². The molecule has 0 saturated heterocycles. The van der Waals surface area contributed by atoms with Crippen LogP contribution in [-0.2, 0) is 15.7 Å². The van der Waals surface area contributed by atoms with Gasteiger partial charge < -0.3 is 4.74 Å². The van der Waals surface area contributed by atoms with Gasteiger partial charge in [-0.3, -0.25) is 4.79 Å². The summed E-state index contributed by atoms with van der Waals surface area (Å²) in [6.07, 6.45) is -3.58. The standard InChI is InChI=1S/C12H10F3NO2/c1-2-18-11(17)5-3-4-10-8-9(6-7-16-10)12(13,14)15/h6-8H,2,5H2,1H3. The fourth-order valence-corrected chi connectivity index (χ4v) is 1.09. The molecule has 1 heterocycles. The summed E-state index contributed by atoms with van der Waals surface area (Å²) in [7, 11) is 0. The molecule has 1 rings (SSSR count). The maximum Gasteiger partial charge on any atom is 0.416 e. The largest absolute Gasteiger partial charge is 0.465 e. The van der Waals surface area contributed by atoms with Gasteiger partial charge in [0.2, 0.25) is 0 Å². The van der Waals surface area contributed by atoms with Gasteiger partial charge in [0.1, 0.15) is 12.1 Å². The molecule has 18 heavy (non-hydrogen) atoms. The lowest BCUT2D eigenvalue weighted by molar-refractivity contribution is -0.142. The summed E-state index contributed by atoms with van der Waals surface area (Å²) in [6.45, 7) is 1.89. The average Bonchev–Trinajstić information content (AvgIpc) is 2.29. The number of hydrogen-bond donors (Lipinski definition) is 0. The van der Waals surface area contributed by atoms with Crippen molar-refractivity contribution < 1.29 is 22.7 Å². The van der Waals surface area contributed by atoms with E-state index in [-0.39, 0.29) is 18.7 Å². The van der Waals surface area contributed by atoms with Crippen LogP contribution < -0.4 is 0 Å². The zero-order chi connectivity index (χ0) is 13.6. The molecule has 96 valence electrons. The van der Waals surface area contributed by atoms with E-state index in [1.807, 2.05) is 0 Å². The van der Waals surface area contributed by atoms with Crippen LogP contribution in [0.4, 0.5) is 13.2 Å². The number of nitrogens with zero attached hydrogens (tertiary/aromatic N) is 1. The van der Waals surface area contributed by atoms with E-state index in [2.05, 4.69) is 21.6 Å². The van der Waals surface area contributed by atoms with Crippen LogP contribution >= 0.6 is 0 Å². The van der Waals surface area contributed by atoms with Gasteiger partial charge in [0.15, 0.2) is 0 Å². The molecule has 0 aliphatic rings. The minimum atomic E-state index is -4.43. The quantitative estimate of drug-likeness (QED) is 0.603. The molecule has 0 bridgehead atoms. The number of aromatic nitrogens is 1. The van der Waals surface area contributed by atoms with Crippen molar-refractivity contribution in [3.63, 3.8) is 0 Å². The lowest BCUT2D eigenvalue weighted by Crippen LogP contribution is -2.05. The van der Waals surface area contributed by atoms with Crippen molar-refractivity contribution >= 4 is 5.97 Å². The first kappa shape index (κ1) is 14.0. The predicted octanol–water partition coefficient (Wildman–Crippen LogP) is 2.41. The Morgan fingerprint density at radius 1 is 1.50 bits per heavy atom. The van der Waals surface area contributed by atoms with Gasteiger partial charge >= 0.3 is 12.1 Å². The smallest absolute Gasteiger partial charge is 0.416 e. The molecule has 0 spiro atoms. The number of ether oxygens (including phenoxy) is 1. The molecule has 0 unspecified atom stereocenters. The summed E-state index contributed by atoms with van der Waals surface area (Å²) in [4.78, 5) is 14.6. The summed E-state index contributed by atoms with van der Waals surface area (Å²) in [5.74, 6) is 4.28. The van der Waals surface area contributed by atoms with Crippen molar-refractivity contribution in [1.29, 1.82) is 0 Å². The molecule has 0 fully saturated rings. The van der Waals surface area contributed by atoms with Crippen molar-refractivity contribution in [2.75, 3.05) is 6.61 Å². The summed E-state index contributed by atoms with van der Waals surface area (Å²) in [6, 6.07) is 1.69. The number of hydrogen-bond acceptors (Lipinski definition) is 3. The van der Waals surface area contributed by atoms with Crippen LogP contribution in [-0.4, -0.2) is 17.6 Å². The summed E-state index contributed by atoms with van der Waals surface area (Å²) in [5.41, 5.74) is -0.855. The molecule has 1 aromatic rings. The molecule has 0 saturated carbocycles. The van der Waals surface area contributed by atoms with Gasteiger partial charge in [0.05, 0.1) is 12.2 Å². The van der Waals surface area contributed by atoms with Crippen molar-refractivity contribution in [2.45, 2.75) is 19.5 Å². The lowest BCUT2D eigenvalue weighted by atomic mass is 10.2. The molecule has 0 aliphatic heterocycles. The first-order valence-corrected chi connectivity index (χ1v) is 5.11. The number of carbonyl (C=O) groups excluding carboxylic acids is 1. The highest BCUT2D eigenvalue weighted by Crippen LogP contribution is 2.28. The third-order valence-corrected chi connectivity index (χ3v) is 1.84. The highest BCUT2D eigenvalue weighted by atomic mass is 19.4. The zero-order valence-corrected chi connectivity index (χ0v) is 9.54. The van der Waals surface area contributed by atoms with E-state index < -0.39 is 17.7 Å². The van der Waals surface area contributed by atoms with Gasteiger partial charge in [-0.15, -0.1) is 0 Å². The number of alkyl halides is 3. The first-order chi connectivity index (χ1) is 8.43. The summed E-state index contributed by atoms with van der Waals surface area (Å²) >= 11 is 0. The minimum Gasteiger partial charge on any atom is -0.465 e. The Kier molecular flexibility index (Phi) is 4.72. The topological polar surface area (TPSA) is 39.2 Å². The second-order valence-corrected chi connectivity index (χ2v) is 3.21. The second-order valence-electron chi connectivity index (χ2n) is 3.21. The number of esters is 1. The molecule has 0 aliphatic carbocycles. The van der Waals surface area contributed by atoms with E-state index in [0.717, 1.165) is 18.3 Å². The predicted molar refractivity (Wildman–Crippen MR) is 57.4 cm³/mol. The highest BCUT2D eigenvalue weighted by molar-refractivity contribution is 5.72. The molecule has 6 heteroatoms. The Morgan fingerprint density at radius 3 is 2.83 bits per heavy atom. The lowest BCUT2D eigenvalue weighted by Gasteiger charge is -2.05. The Labute approximate surface area is 102 Å². The number of pyridine rings is 1. The maximum atomic E-state index is 12.4. The van der Waals surface area contributed by atoms with E-state index in [1.165, 1.54) is 0 Å². The van der Waals surface area contributed by atoms with Crippen LogP contribution in [0.1, 0.15) is 24.6 Å². The van der Waals surface area contributed by atoms with Gasteiger partial charge in [0, 0.05) is 6.20 Å². The Balaban J connectivity index is 2.74. The minimum absolute atomic E-state index is 0.0332. The number of rotatable bonds is 2. The summed E-state index contributed by atoms with van der Waals surface area (Å²) < 4.78 is 41.7. The van der Waals surface area contributed by atoms with Crippen molar-refractivity contribution in [1.82, 2.24) is 4.98 Å². The number of carbonyl (C=O) groups is 1. The van der Waals surface area contributed by atoms with Gasteiger partial charge in [-0.05, 0) is 25.0 Å². The van der Waals surface area contributed by atoms with Gasteiger partial charge in [-0.2, -0.15) is 13.2 Å². The van der Waals surface area contributed by atoms with Crippen LogP contribution in [0.5, 0.6) is 0 Å². The van der Waals surface area contributed by atoms with E-state index in [9.17, 15) is 18.0 Å². The Hall–Kier alpha value is -2.03. The van der Waals surface area contributed by atoms with E-state index in [4.69, 9.17) is 0 Å². The third kappa shape index (κ3) is 4.45. The normalized spacial score (nSPS) is 10.4. The third-order valence-electron chi connectivity index (χ3n) is 1.84. The maximum absolute atomic E-state index is 12.4. The molecule has 0 aromatic carbocycles. The molecule has 0 N–H and O–H groups in total. The van der Waals surface area contributed by atoms with Gasteiger partial charge in [-0.25, -0.2) is 4.98 Å². The van der Waals surface area contributed by atoms with Crippen molar-refractivity contribution in [2.24, 2.45) is 0 Å². The zero-order valence-electron chi connectivity index (χ0n) is 9.54. The molecule has 1 aromatic heterocycles. The molecule has 0 amide bonds. The first-order valence-electron chi connectivity index (χ1n) is 5.11. The van der Waals surface area contributed by atoms with Crippen molar-refractivity contribution in [3.8, 4) is 11.8 Å². The van der Waals surface area contributed by atoms with Gasteiger partial charge in [0.25, 0.3) is 0 Å². The van der Waals surface area contributed by atoms with Crippen LogP contribution in [0, 0.1) is 11.8 Å². The van der Waals surface area contributed by atoms with Crippen LogP contribution in [0.15, 0.2) is 18.3 Å². The Bertz CT molecular complexity index is 486. The van der Waals surface area contributed by atoms with Crippen LogP contribution in [0.25, 0.3) is 0 Å². The van der Waals surface area contributed by atoms with E-state index >= 15 is 0 Å². The van der Waals surface area contributed by atoms with Gasteiger partial charge in [-0.1, -0.05) is 5.92 Å². The van der Waals surface area contributed by atoms with Crippen LogP contribution in [0.2, 0.25) is 0 Å². The molecular weight excluding hydrogens is 247 g/mol. The van der Waals surface area contributed by atoms with E-state index in [1.54, 1.807) is 6.92 Å².